The zero-order chi connectivity index (χ0) is 22.2. The molecule has 5 nitrogen and oxygen atoms in total. The van der Waals surface area contributed by atoms with E-state index in [2.05, 4.69) is 9.80 Å². The molecule has 2 aromatic rings. The summed E-state index contributed by atoms with van der Waals surface area (Å²) in [6.07, 6.45) is 3.31. The number of anilines is 1. The smallest absolute Gasteiger partial charge is 0.348 e. The average Bonchev–Trinajstić information content (AvgIpc) is 2.78. The molecule has 0 spiro atoms. The van der Waals surface area contributed by atoms with Gasteiger partial charge in [0.15, 0.2) is 0 Å². The van der Waals surface area contributed by atoms with Crippen molar-refractivity contribution in [3.63, 3.8) is 0 Å². The van der Waals surface area contributed by atoms with Crippen molar-refractivity contribution in [3.05, 3.63) is 81.9 Å². The lowest BCUT2D eigenvalue weighted by atomic mass is 10.1. The first-order valence-electron chi connectivity index (χ1n) is 10.0. The maximum Gasteiger partial charge on any atom is 0.348 e. The molecule has 160 valence electrons. The SMILES string of the molecule is CCOC(=O)C(C#N)=CC=C(c1ccc(Cl)cc1)N1CCN(c2ccccc2Cl)CC1. The lowest BCUT2D eigenvalue weighted by molar-refractivity contribution is -0.138. The first-order valence-corrected chi connectivity index (χ1v) is 10.8. The van der Waals surface area contributed by atoms with Gasteiger partial charge < -0.3 is 14.5 Å². The lowest BCUT2D eigenvalue weighted by Crippen LogP contribution is -2.45. The molecular weight excluding hydrogens is 433 g/mol. The summed E-state index contributed by atoms with van der Waals surface area (Å²) in [7, 11) is 0. The second-order valence-electron chi connectivity index (χ2n) is 6.90. The first kappa shape index (κ1) is 22.7. The summed E-state index contributed by atoms with van der Waals surface area (Å²) in [6.45, 7) is 5.03. The Morgan fingerprint density at radius 1 is 1.06 bits per heavy atom. The third-order valence-corrected chi connectivity index (χ3v) is 5.55. The Kier molecular flexibility index (Phi) is 8.00. The predicted octanol–water partition coefficient (Wildman–Crippen LogP) is 5.17. The Morgan fingerprint density at radius 2 is 1.74 bits per heavy atom. The lowest BCUT2D eigenvalue weighted by Gasteiger charge is -2.39. The van der Waals surface area contributed by atoms with Crippen LogP contribution in [-0.4, -0.2) is 43.7 Å². The van der Waals surface area contributed by atoms with E-state index in [9.17, 15) is 10.1 Å². The van der Waals surface area contributed by atoms with E-state index >= 15 is 0 Å². The van der Waals surface area contributed by atoms with E-state index in [1.165, 1.54) is 6.08 Å². The number of nitrogens with zero attached hydrogens (tertiary/aromatic N) is 3. The van der Waals surface area contributed by atoms with Gasteiger partial charge in [0.05, 0.1) is 17.3 Å². The quantitative estimate of drug-likeness (QED) is 0.260. The summed E-state index contributed by atoms with van der Waals surface area (Å²) in [5.74, 6) is -0.625. The molecule has 1 heterocycles. The van der Waals surface area contributed by atoms with Crippen LogP contribution in [0, 0.1) is 11.3 Å². The van der Waals surface area contributed by atoms with Crippen molar-refractivity contribution in [1.82, 2.24) is 4.90 Å². The Bertz CT molecular complexity index is 1020. The number of esters is 1. The molecule has 1 aliphatic heterocycles. The van der Waals surface area contributed by atoms with Crippen LogP contribution in [0.5, 0.6) is 0 Å². The monoisotopic (exact) mass is 455 g/mol. The van der Waals surface area contributed by atoms with Crippen LogP contribution >= 0.6 is 23.2 Å². The van der Waals surface area contributed by atoms with Crippen molar-refractivity contribution in [2.24, 2.45) is 0 Å². The molecule has 1 aliphatic rings. The number of benzene rings is 2. The molecule has 2 aromatic carbocycles. The highest BCUT2D eigenvalue weighted by Gasteiger charge is 2.21. The van der Waals surface area contributed by atoms with Crippen molar-refractivity contribution < 1.29 is 9.53 Å². The van der Waals surface area contributed by atoms with E-state index in [0.29, 0.717) is 5.02 Å². The van der Waals surface area contributed by atoms with Gasteiger partial charge in [-0.1, -0.05) is 47.5 Å². The number of hydrogen-bond donors (Lipinski definition) is 0. The highest BCUT2D eigenvalue weighted by atomic mass is 35.5. The minimum atomic E-state index is -0.625. The van der Waals surface area contributed by atoms with Gasteiger partial charge in [0.25, 0.3) is 0 Å². The van der Waals surface area contributed by atoms with Crippen molar-refractivity contribution >= 4 is 40.6 Å². The molecule has 0 amide bonds. The molecule has 0 saturated carbocycles. The summed E-state index contributed by atoms with van der Waals surface area (Å²) in [5.41, 5.74) is 2.85. The molecule has 31 heavy (non-hydrogen) atoms. The van der Waals surface area contributed by atoms with Gasteiger partial charge >= 0.3 is 5.97 Å². The molecule has 0 atom stereocenters. The second kappa shape index (κ2) is 10.9. The largest absolute Gasteiger partial charge is 0.462 e. The van der Waals surface area contributed by atoms with Crippen LogP contribution in [-0.2, 0) is 9.53 Å². The van der Waals surface area contributed by atoms with Crippen LogP contribution in [0.1, 0.15) is 12.5 Å². The Hall–Kier alpha value is -2.94. The summed E-state index contributed by atoms with van der Waals surface area (Å²) in [4.78, 5) is 16.5. The molecule has 7 heteroatoms. The minimum absolute atomic E-state index is 0.0389. The molecule has 0 radical (unpaired) electrons. The number of carbonyl (C=O) groups is 1. The average molecular weight is 456 g/mol. The molecule has 1 saturated heterocycles. The maximum atomic E-state index is 12.0. The van der Waals surface area contributed by atoms with Gasteiger partial charge in [-0.05, 0) is 48.9 Å². The number of allylic oxidation sites excluding steroid dienone is 2. The molecular formula is C24H23Cl2N3O2. The van der Waals surface area contributed by atoms with Gasteiger partial charge in [0.2, 0.25) is 0 Å². The Labute approximate surface area is 192 Å². The number of hydrogen-bond acceptors (Lipinski definition) is 5. The molecule has 3 rings (SSSR count). The fourth-order valence-electron chi connectivity index (χ4n) is 3.42. The predicted molar refractivity (Wildman–Crippen MR) is 125 cm³/mol. The molecule has 1 fully saturated rings. The zero-order valence-electron chi connectivity index (χ0n) is 17.2. The summed E-state index contributed by atoms with van der Waals surface area (Å²) < 4.78 is 4.96. The highest BCUT2D eigenvalue weighted by molar-refractivity contribution is 6.33. The third-order valence-electron chi connectivity index (χ3n) is 4.98. The van der Waals surface area contributed by atoms with Crippen LogP contribution in [0.4, 0.5) is 5.69 Å². The van der Waals surface area contributed by atoms with E-state index in [0.717, 1.165) is 48.1 Å². The van der Waals surface area contributed by atoms with E-state index in [-0.39, 0.29) is 12.2 Å². The summed E-state index contributed by atoms with van der Waals surface area (Å²) in [5, 5.41) is 10.7. The summed E-state index contributed by atoms with van der Waals surface area (Å²) in [6, 6.07) is 17.3. The molecule has 0 aliphatic carbocycles. The molecule has 0 N–H and O–H groups in total. The summed E-state index contributed by atoms with van der Waals surface area (Å²) >= 11 is 12.4. The number of para-hydroxylation sites is 1. The molecule has 0 bridgehead atoms. The number of carbonyl (C=O) groups excluding carboxylic acids is 1. The number of halogens is 2. The van der Waals surface area contributed by atoms with Crippen LogP contribution in [0.25, 0.3) is 5.70 Å². The highest BCUT2D eigenvalue weighted by Crippen LogP contribution is 2.28. The molecule has 0 aromatic heterocycles. The standard InChI is InChI=1S/C24H23Cl2N3O2/c1-2-31-24(30)19(17-27)9-12-22(18-7-10-20(25)11-8-18)28-13-15-29(16-14-28)23-6-4-3-5-21(23)26/h3-12H,2,13-16H2,1H3. The van der Waals surface area contributed by atoms with E-state index in [4.69, 9.17) is 27.9 Å². The fraction of sp³-hybridized carbons (Fsp3) is 0.250. The van der Waals surface area contributed by atoms with Crippen molar-refractivity contribution in [2.75, 3.05) is 37.7 Å². The Morgan fingerprint density at radius 3 is 2.35 bits per heavy atom. The van der Waals surface area contributed by atoms with Gasteiger partial charge in [-0.3, -0.25) is 0 Å². The van der Waals surface area contributed by atoms with Crippen molar-refractivity contribution in [1.29, 1.82) is 5.26 Å². The topological polar surface area (TPSA) is 56.6 Å². The zero-order valence-corrected chi connectivity index (χ0v) is 18.7. The fourth-order valence-corrected chi connectivity index (χ4v) is 3.80. The van der Waals surface area contributed by atoms with Gasteiger partial charge in [-0.15, -0.1) is 0 Å². The molecule has 0 unspecified atom stereocenters. The van der Waals surface area contributed by atoms with Crippen molar-refractivity contribution in [2.45, 2.75) is 6.92 Å². The number of rotatable bonds is 6. The van der Waals surface area contributed by atoms with E-state index in [1.54, 1.807) is 13.0 Å². The van der Waals surface area contributed by atoms with Crippen molar-refractivity contribution in [3.8, 4) is 6.07 Å². The number of piperazine rings is 1. The number of nitriles is 1. The van der Waals surface area contributed by atoms with Crippen LogP contribution in [0.2, 0.25) is 10.0 Å². The van der Waals surface area contributed by atoms with Crippen LogP contribution < -0.4 is 4.90 Å². The minimum Gasteiger partial charge on any atom is -0.462 e. The maximum absolute atomic E-state index is 12.0. The van der Waals surface area contributed by atoms with Gasteiger partial charge in [-0.25, -0.2) is 4.79 Å². The third kappa shape index (κ3) is 5.81. The Balaban J connectivity index is 1.86. The van der Waals surface area contributed by atoms with Crippen LogP contribution in [0.3, 0.4) is 0 Å². The van der Waals surface area contributed by atoms with Gasteiger partial charge in [-0.2, -0.15) is 5.26 Å². The normalized spacial score (nSPS) is 14.9. The van der Waals surface area contributed by atoms with Gasteiger partial charge in [0.1, 0.15) is 11.6 Å². The first-order chi connectivity index (χ1) is 15.0. The van der Waals surface area contributed by atoms with Gasteiger partial charge in [0, 0.05) is 36.9 Å². The number of ether oxygens (including phenoxy) is 1. The van der Waals surface area contributed by atoms with E-state index in [1.807, 2.05) is 54.6 Å². The van der Waals surface area contributed by atoms with Crippen LogP contribution in [0.15, 0.2) is 66.3 Å². The van der Waals surface area contributed by atoms with E-state index < -0.39 is 5.97 Å². The second-order valence-corrected chi connectivity index (χ2v) is 7.74.